The molecule has 1 unspecified atom stereocenters. The molecular weight excluding hydrogens is 206 g/mol. The molecule has 92 valence electrons. The van der Waals surface area contributed by atoms with Gasteiger partial charge in [0.15, 0.2) is 5.96 Å². The van der Waals surface area contributed by atoms with Gasteiger partial charge in [0.05, 0.1) is 6.54 Å². The molecule has 0 aromatic rings. The molecule has 6 heteroatoms. The molecule has 1 aliphatic rings. The summed E-state index contributed by atoms with van der Waals surface area (Å²) in [6.07, 6.45) is 0. The third-order valence-corrected chi connectivity index (χ3v) is 2.92. The lowest BCUT2D eigenvalue weighted by atomic mass is 10.2. The fourth-order valence-electron chi connectivity index (χ4n) is 1.83. The maximum absolute atomic E-state index is 11.1. The van der Waals surface area contributed by atoms with Crippen LogP contribution in [0.25, 0.3) is 0 Å². The van der Waals surface area contributed by atoms with Crippen LogP contribution in [0.4, 0.5) is 0 Å². The first kappa shape index (κ1) is 12.8. The second-order valence-corrected chi connectivity index (χ2v) is 4.16. The van der Waals surface area contributed by atoms with E-state index in [4.69, 9.17) is 11.5 Å². The molecule has 1 aliphatic heterocycles. The summed E-state index contributed by atoms with van der Waals surface area (Å²) in [5.41, 5.74) is 10.6. The normalized spacial score (nSPS) is 19.2. The number of carbonyl (C=O) groups excluding carboxylic acids is 1. The van der Waals surface area contributed by atoms with E-state index in [2.05, 4.69) is 16.8 Å². The third-order valence-electron chi connectivity index (χ3n) is 2.92. The zero-order chi connectivity index (χ0) is 12.1. The molecule has 1 rings (SSSR count). The maximum atomic E-state index is 11.1. The Balaban J connectivity index is 2.35. The molecule has 6 nitrogen and oxygen atoms in total. The van der Waals surface area contributed by atoms with Crippen molar-refractivity contribution in [1.29, 1.82) is 0 Å². The number of piperazine rings is 1. The summed E-state index contributed by atoms with van der Waals surface area (Å²) in [4.78, 5) is 19.3. The lowest BCUT2D eigenvalue weighted by Crippen LogP contribution is -2.51. The molecule has 16 heavy (non-hydrogen) atoms. The molecule has 0 spiro atoms. The largest absolute Gasteiger partial charge is 0.370 e. The van der Waals surface area contributed by atoms with Crippen LogP contribution in [0.3, 0.4) is 0 Å². The van der Waals surface area contributed by atoms with Gasteiger partial charge in [0.2, 0.25) is 5.91 Å². The zero-order valence-corrected chi connectivity index (χ0v) is 10.0. The molecular formula is C10H21N5O. The Bertz CT molecular complexity index is 266. The first-order valence-electron chi connectivity index (χ1n) is 5.55. The first-order valence-corrected chi connectivity index (χ1v) is 5.55. The lowest BCUT2D eigenvalue weighted by molar-refractivity contribution is -0.130. The van der Waals surface area contributed by atoms with Crippen LogP contribution in [-0.2, 0) is 4.79 Å². The van der Waals surface area contributed by atoms with Gasteiger partial charge in [0.1, 0.15) is 0 Å². The van der Waals surface area contributed by atoms with Gasteiger partial charge in [-0.15, -0.1) is 0 Å². The highest BCUT2D eigenvalue weighted by Crippen LogP contribution is 2.06. The van der Waals surface area contributed by atoms with E-state index in [1.54, 1.807) is 6.92 Å². The van der Waals surface area contributed by atoms with Crippen LogP contribution in [0, 0.1) is 0 Å². The fourth-order valence-corrected chi connectivity index (χ4v) is 1.83. The summed E-state index contributed by atoms with van der Waals surface area (Å²) in [5, 5.41) is 0. The number of nitrogens with two attached hydrogens (primary N) is 2. The summed E-state index contributed by atoms with van der Waals surface area (Å²) in [6, 6.07) is 0.316. The fraction of sp³-hybridized carbons (Fsp3) is 0.800. The van der Waals surface area contributed by atoms with Crippen molar-refractivity contribution in [2.75, 3.05) is 32.7 Å². The number of carbonyl (C=O) groups is 1. The number of rotatable bonds is 3. The Morgan fingerprint density at radius 2 is 1.88 bits per heavy atom. The molecule has 1 saturated heterocycles. The Labute approximate surface area is 96.3 Å². The monoisotopic (exact) mass is 227 g/mol. The van der Waals surface area contributed by atoms with Crippen molar-refractivity contribution in [2.24, 2.45) is 16.5 Å². The number of nitrogens with zero attached hydrogens (tertiary/aromatic N) is 3. The van der Waals surface area contributed by atoms with Gasteiger partial charge >= 0.3 is 0 Å². The number of hydrogen-bond acceptors (Lipinski definition) is 3. The minimum absolute atomic E-state index is 0.134. The van der Waals surface area contributed by atoms with Gasteiger partial charge in [-0.1, -0.05) is 0 Å². The van der Waals surface area contributed by atoms with Crippen molar-refractivity contribution in [2.45, 2.75) is 19.9 Å². The maximum Gasteiger partial charge on any atom is 0.219 e. The molecule has 1 atom stereocenters. The molecule has 0 aliphatic carbocycles. The molecule has 0 aromatic heterocycles. The molecule has 0 aromatic carbocycles. The lowest BCUT2D eigenvalue weighted by Gasteiger charge is -2.37. The topological polar surface area (TPSA) is 88.0 Å². The van der Waals surface area contributed by atoms with Crippen molar-refractivity contribution in [1.82, 2.24) is 9.80 Å². The average molecular weight is 227 g/mol. The van der Waals surface area contributed by atoms with E-state index < -0.39 is 0 Å². The van der Waals surface area contributed by atoms with E-state index >= 15 is 0 Å². The van der Waals surface area contributed by atoms with Gasteiger partial charge < -0.3 is 16.4 Å². The van der Waals surface area contributed by atoms with Gasteiger partial charge in [-0.25, -0.2) is 0 Å². The predicted octanol–water partition coefficient (Wildman–Crippen LogP) is -1.19. The van der Waals surface area contributed by atoms with Crippen LogP contribution in [-0.4, -0.2) is 60.4 Å². The molecule has 4 N–H and O–H groups in total. The van der Waals surface area contributed by atoms with Crippen molar-refractivity contribution < 1.29 is 4.79 Å². The van der Waals surface area contributed by atoms with Gasteiger partial charge in [-0.3, -0.25) is 14.7 Å². The highest BCUT2D eigenvalue weighted by Gasteiger charge is 2.21. The molecule has 0 bridgehead atoms. The minimum atomic E-state index is 0.134. The SMILES string of the molecule is CC(=O)N1CCN(C(C)CN=C(N)N)CC1. The van der Waals surface area contributed by atoms with Crippen LogP contribution in [0.2, 0.25) is 0 Å². The Morgan fingerprint density at radius 3 is 2.31 bits per heavy atom. The number of hydrogen-bond donors (Lipinski definition) is 2. The molecule has 1 fully saturated rings. The van der Waals surface area contributed by atoms with Crippen LogP contribution in [0.1, 0.15) is 13.8 Å². The van der Waals surface area contributed by atoms with Crippen molar-refractivity contribution in [3.05, 3.63) is 0 Å². The molecule has 1 heterocycles. The van der Waals surface area contributed by atoms with E-state index in [0.717, 1.165) is 26.2 Å². The van der Waals surface area contributed by atoms with E-state index in [-0.39, 0.29) is 11.9 Å². The van der Waals surface area contributed by atoms with E-state index in [1.165, 1.54) is 0 Å². The first-order chi connectivity index (χ1) is 7.50. The van der Waals surface area contributed by atoms with Gasteiger partial charge in [0, 0.05) is 39.1 Å². The Morgan fingerprint density at radius 1 is 1.31 bits per heavy atom. The second kappa shape index (κ2) is 5.69. The van der Waals surface area contributed by atoms with E-state index in [9.17, 15) is 4.79 Å². The average Bonchev–Trinajstić information content (AvgIpc) is 2.26. The van der Waals surface area contributed by atoms with Gasteiger partial charge in [0.25, 0.3) is 0 Å². The second-order valence-electron chi connectivity index (χ2n) is 4.16. The smallest absolute Gasteiger partial charge is 0.219 e. The number of guanidine groups is 1. The standard InChI is InChI=1S/C10H21N5O/c1-8(7-13-10(11)12)14-3-5-15(6-4-14)9(2)16/h8H,3-7H2,1-2H3,(H4,11,12,13). The Kier molecular flexibility index (Phi) is 4.54. The van der Waals surface area contributed by atoms with Crippen LogP contribution < -0.4 is 11.5 Å². The summed E-state index contributed by atoms with van der Waals surface area (Å²) in [5.74, 6) is 0.283. The van der Waals surface area contributed by atoms with E-state index in [1.807, 2.05) is 4.90 Å². The molecule has 0 saturated carbocycles. The van der Waals surface area contributed by atoms with Crippen LogP contribution in [0.15, 0.2) is 4.99 Å². The van der Waals surface area contributed by atoms with Crippen LogP contribution in [0.5, 0.6) is 0 Å². The Hall–Kier alpha value is -1.30. The highest BCUT2D eigenvalue weighted by atomic mass is 16.2. The van der Waals surface area contributed by atoms with Gasteiger partial charge in [-0.2, -0.15) is 0 Å². The van der Waals surface area contributed by atoms with Crippen molar-refractivity contribution >= 4 is 11.9 Å². The minimum Gasteiger partial charge on any atom is -0.370 e. The predicted molar refractivity (Wildman–Crippen MR) is 64.0 cm³/mol. The number of aliphatic imine (C=N–C) groups is 1. The van der Waals surface area contributed by atoms with Crippen molar-refractivity contribution in [3.63, 3.8) is 0 Å². The molecule has 1 amide bonds. The number of amides is 1. The van der Waals surface area contributed by atoms with E-state index in [0.29, 0.717) is 12.6 Å². The summed E-state index contributed by atoms with van der Waals surface area (Å²) in [7, 11) is 0. The highest BCUT2D eigenvalue weighted by molar-refractivity contribution is 5.75. The quantitative estimate of drug-likeness (QED) is 0.469. The molecule has 0 radical (unpaired) electrons. The van der Waals surface area contributed by atoms with Crippen LogP contribution >= 0.6 is 0 Å². The zero-order valence-electron chi connectivity index (χ0n) is 10.0. The summed E-state index contributed by atoms with van der Waals surface area (Å²) >= 11 is 0. The van der Waals surface area contributed by atoms with Crippen molar-refractivity contribution in [3.8, 4) is 0 Å². The van der Waals surface area contributed by atoms with Gasteiger partial charge in [-0.05, 0) is 6.92 Å². The third kappa shape index (κ3) is 3.69. The summed E-state index contributed by atoms with van der Waals surface area (Å²) in [6.45, 7) is 7.68. The summed E-state index contributed by atoms with van der Waals surface area (Å²) < 4.78 is 0.